The molecule has 0 saturated heterocycles. The summed E-state index contributed by atoms with van der Waals surface area (Å²) in [5.74, 6) is -1.08. The van der Waals surface area contributed by atoms with Crippen LogP contribution in [-0.4, -0.2) is 20.5 Å². The molecule has 0 aliphatic rings. The molecule has 0 spiro atoms. The Kier molecular flexibility index (Phi) is 3.79. The zero-order valence-electron chi connectivity index (χ0n) is 10.9. The van der Waals surface area contributed by atoms with Crippen molar-refractivity contribution in [3.05, 3.63) is 58.3 Å². The van der Waals surface area contributed by atoms with Gasteiger partial charge in [-0.3, -0.25) is 4.40 Å². The molecule has 0 aliphatic carbocycles. The molecular weight excluding hydrogens is 327 g/mol. The third kappa shape index (κ3) is 2.66. The molecule has 22 heavy (non-hydrogen) atoms. The molecule has 1 N–H and O–H groups in total. The van der Waals surface area contributed by atoms with E-state index in [9.17, 15) is 9.90 Å². The summed E-state index contributed by atoms with van der Waals surface area (Å²) >= 11 is 11.9. The summed E-state index contributed by atoms with van der Waals surface area (Å²) in [7, 11) is 0. The Bertz CT molecular complexity index is 905. The fourth-order valence-electron chi connectivity index (χ4n) is 1.89. The van der Waals surface area contributed by atoms with Gasteiger partial charge in [0.1, 0.15) is 11.3 Å². The maximum absolute atomic E-state index is 11.3. The lowest BCUT2D eigenvalue weighted by atomic mass is 10.3. The van der Waals surface area contributed by atoms with Gasteiger partial charge in [-0.2, -0.15) is 0 Å². The summed E-state index contributed by atoms with van der Waals surface area (Å²) in [5, 5.41) is 18.0. The number of carbonyl (C=O) groups is 1. The average Bonchev–Trinajstić information content (AvgIpc) is 2.87. The molecule has 3 rings (SSSR count). The van der Waals surface area contributed by atoms with Crippen LogP contribution in [0.5, 0.6) is 0 Å². The molecule has 6 nitrogen and oxygen atoms in total. The minimum Gasteiger partial charge on any atom is -0.476 e. The summed E-state index contributed by atoms with van der Waals surface area (Å²) < 4.78 is 1.53. The predicted molar refractivity (Wildman–Crippen MR) is 82.8 cm³/mol. The maximum Gasteiger partial charge on any atom is 0.358 e. The molecule has 0 aliphatic heterocycles. The van der Waals surface area contributed by atoms with Crippen LogP contribution in [0.4, 0.5) is 11.5 Å². The van der Waals surface area contributed by atoms with E-state index in [1.807, 2.05) is 0 Å². The van der Waals surface area contributed by atoms with Gasteiger partial charge < -0.3 is 5.11 Å². The largest absolute Gasteiger partial charge is 0.476 e. The Morgan fingerprint density at radius 2 is 2.00 bits per heavy atom. The van der Waals surface area contributed by atoms with E-state index in [0.717, 1.165) is 0 Å². The summed E-state index contributed by atoms with van der Waals surface area (Å²) in [5.41, 5.74) is 0.621. The summed E-state index contributed by atoms with van der Waals surface area (Å²) in [4.78, 5) is 15.3. The molecule has 110 valence electrons. The van der Waals surface area contributed by atoms with Crippen molar-refractivity contribution in [2.75, 3.05) is 0 Å². The number of benzene rings is 1. The molecule has 3 aromatic rings. The summed E-state index contributed by atoms with van der Waals surface area (Å²) in [6.45, 7) is 0. The van der Waals surface area contributed by atoms with Crippen molar-refractivity contribution in [3.8, 4) is 0 Å². The van der Waals surface area contributed by atoms with Crippen molar-refractivity contribution < 1.29 is 9.90 Å². The molecule has 0 radical (unpaired) electrons. The predicted octanol–water partition coefficient (Wildman–Crippen LogP) is 4.75. The number of imidazole rings is 1. The highest BCUT2D eigenvalue weighted by Crippen LogP contribution is 2.30. The first-order valence-corrected chi connectivity index (χ1v) is 6.89. The number of hydrogen-bond donors (Lipinski definition) is 1. The first kappa shape index (κ1) is 14.5. The van der Waals surface area contributed by atoms with Gasteiger partial charge in [0.05, 0.1) is 5.02 Å². The van der Waals surface area contributed by atoms with Gasteiger partial charge in [0.25, 0.3) is 0 Å². The van der Waals surface area contributed by atoms with Gasteiger partial charge in [0.2, 0.25) is 0 Å². The van der Waals surface area contributed by atoms with E-state index in [2.05, 4.69) is 15.2 Å². The van der Waals surface area contributed by atoms with Crippen LogP contribution in [0.3, 0.4) is 0 Å². The van der Waals surface area contributed by atoms with Gasteiger partial charge in [-0.15, -0.1) is 10.2 Å². The van der Waals surface area contributed by atoms with Gasteiger partial charge in [-0.25, -0.2) is 9.78 Å². The van der Waals surface area contributed by atoms with Crippen LogP contribution in [0, 0.1) is 0 Å². The van der Waals surface area contributed by atoms with E-state index in [1.54, 1.807) is 36.5 Å². The SMILES string of the molecule is O=C(O)c1nc2ccccn2c1N=Nc1cc(Cl)ccc1Cl. The second-order valence-corrected chi connectivity index (χ2v) is 5.16. The number of aromatic carboxylic acids is 1. The monoisotopic (exact) mass is 334 g/mol. The highest BCUT2D eigenvalue weighted by molar-refractivity contribution is 6.35. The fourth-order valence-corrected chi connectivity index (χ4v) is 2.21. The van der Waals surface area contributed by atoms with Crippen molar-refractivity contribution in [2.24, 2.45) is 10.2 Å². The maximum atomic E-state index is 11.3. The third-order valence-corrected chi connectivity index (χ3v) is 3.42. The number of aromatic nitrogens is 2. The second kappa shape index (κ2) is 5.75. The first-order valence-electron chi connectivity index (χ1n) is 6.13. The average molecular weight is 335 g/mol. The number of rotatable bonds is 3. The molecule has 2 heterocycles. The normalized spacial score (nSPS) is 11.4. The van der Waals surface area contributed by atoms with E-state index in [-0.39, 0.29) is 11.5 Å². The topological polar surface area (TPSA) is 79.3 Å². The van der Waals surface area contributed by atoms with Crippen LogP contribution in [0.25, 0.3) is 5.65 Å². The quantitative estimate of drug-likeness (QED) is 0.701. The minimum atomic E-state index is -1.19. The van der Waals surface area contributed by atoms with Gasteiger partial charge in [-0.05, 0) is 30.3 Å². The Morgan fingerprint density at radius 3 is 2.77 bits per heavy atom. The van der Waals surface area contributed by atoms with Crippen molar-refractivity contribution in [1.82, 2.24) is 9.38 Å². The number of carboxylic acids is 1. The third-order valence-electron chi connectivity index (χ3n) is 2.87. The lowest BCUT2D eigenvalue weighted by Gasteiger charge is -1.98. The van der Waals surface area contributed by atoms with Crippen LogP contribution in [0.2, 0.25) is 10.0 Å². The molecule has 0 unspecified atom stereocenters. The van der Waals surface area contributed by atoms with Crippen molar-refractivity contribution in [2.45, 2.75) is 0 Å². The minimum absolute atomic E-state index is 0.110. The Hall–Kier alpha value is -2.44. The lowest BCUT2D eigenvalue weighted by molar-refractivity contribution is 0.0692. The van der Waals surface area contributed by atoms with E-state index in [4.69, 9.17) is 23.2 Å². The lowest BCUT2D eigenvalue weighted by Crippen LogP contribution is -1.96. The van der Waals surface area contributed by atoms with Crippen molar-refractivity contribution in [1.29, 1.82) is 0 Å². The Labute approximate surface area is 134 Å². The highest BCUT2D eigenvalue weighted by atomic mass is 35.5. The van der Waals surface area contributed by atoms with E-state index >= 15 is 0 Å². The van der Waals surface area contributed by atoms with Gasteiger partial charge >= 0.3 is 5.97 Å². The van der Waals surface area contributed by atoms with E-state index in [0.29, 0.717) is 21.4 Å². The van der Waals surface area contributed by atoms with E-state index < -0.39 is 5.97 Å². The molecule has 0 fully saturated rings. The molecule has 0 saturated carbocycles. The Morgan fingerprint density at radius 1 is 1.18 bits per heavy atom. The number of halogens is 2. The summed E-state index contributed by atoms with van der Waals surface area (Å²) in [6.07, 6.45) is 1.66. The number of pyridine rings is 1. The van der Waals surface area contributed by atoms with Crippen LogP contribution < -0.4 is 0 Å². The number of fused-ring (bicyclic) bond motifs is 1. The number of hydrogen-bond acceptors (Lipinski definition) is 4. The first-order chi connectivity index (χ1) is 10.6. The molecule has 1 aromatic carbocycles. The molecule has 2 aromatic heterocycles. The summed E-state index contributed by atoms with van der Waals surface area (Å²) in [6, 6.07) is 9.92. The molecule has 0 bridgehead atoms. The van der Waals surface area contributed by atoms with Crippen LogP contribution in [0.1, 0.15) is 10.5 Å². The van der Waals surface area contributed by atoms with Gasteiger partial charge in [0.15, 0.2) is 11.5 Å². The highest BCUT2D eigenvalue weighted by Gasteiger charge is 2.18. The van der Waals surface area contributed by atoms with Crippen LogP contribution in [0.15, 0.2) is 52.8 Å². The molecule has 8 heteroatoms. The zero-order chi connectivity index (χ0) is 15.7. The molecule has 0 atom stereocenters. The zero-order valence-corrected chi connectivity index (χ0v) is 12.5. The van der Waals surface area contributed by atoms with E-state index in [1.165, 1.54) is 10.5 Å². The molecular formula is C14H8Cl2N4O2. The van der Waals surface area contributed by atoms with Crippen molar-refractivity contribution in [3.63, 3.8) is 0 Å². The standard InChI is InChI=1S/C14H8Cl2N4O2/c15-8-4-5-9(16)10(7-8)18-19-13-12(14(21)22)17-11-3-1-2-6-20(11)13/h1-7H,(H,21,22). The number of carboxylic acid groups (broad SMARTS) is 1. The van der Waals surface area contributed by atoms with Crippen LogP contribution >= 0.6 is 23.2 Å². The number of azo groups is 1. The fraction of sp³-hybridized carbons (Fsp3) is 0. The smallest absolute Gasteiger partial charge is 0.358 e. The molecule has 0 amide bonds. The van der Waals surface area contributed by atoms with Crippen LogP contribution in [-0.2, 0) is 0 Å². The van der Waals surface area contributed by atoms with Crippen molar-refractivity contribution >= 4 is 46.3 Å². The second-order valence-electron chi connectivity index (χ2n) is 4.31. The van der Waals surface area contributed by atoms with Gasteiger partial charge in [-0.1, -0.05) is 29.3 Å². The van der Waals surface area contributed by atoms with Gasteiger partial charge in [0, 0.05) is 11.2 Å². The Balaban J connectivity index is 2.13. The number of nitrogens with zero attached hydrogens (tertiary/aromatic N) is 4.